The van der Waals surface area contributed by atoms with E-state index in [4.69, 9.17) is 18.5 Å². The molecule has 10 heteroatoms. The van der Waals surface area contributed by atoms with Crippen molar-refractivity contribution in [2.75, 3.05) is 47.5 Å². The molecule has 38 heavy (non-hydrogen) atoms. The van der Waals surface area contributed by atoms with Gasteiger partial charge in [0.1, 0.15) is 19.8 Å². The van der Waals surface area contributed by atoms with Crippen molar-refractivity contribution in [3.8, 4) is 0 Å². The van der Waals surface area contributed by atoms with E-state index in [1.807, 2.05) is 21.1 Å². The molecule has 2 atom stereocenters. The summed E-state index contributed by atoms with van der Waals surface area (Å²) in [5, 5.41) is 0. The van der Waals surface area contributed by atoms with Crippen molar-refractivity contribution in [1.29, 1.82) is 0 Å². The number of allylic oxidation sites excluding steroid dienone is 2. The third-order valence-corrected chi connectivity index (χ3v) is 6.83. The predicted molar refractivity (Wildman–Crippen MR) is 151 cm³/mol. The molecular formula is C28H55NO8P+. The molecule has 0 saturated heterocycles. The van der Waals surface area contributed by atoms with Crippen LogP contribution < -0.4 is 0 Å². The van der Waals surface area contributed by atoms with E-state index in [0.717, 1.165) is 38.5 Å². The molecule has 0 aliphatic rings. The van der Waals surface area contributed by atoms with Crippen LogP contribution in [0.15, 0.2) is 12.2 Å². The van der Waals surface area contributed by atoms with Crippen molar-refractivity contribution >= 4 is 19.8 Å². The van der Waals surface area contributed by atoms with E-state index in [2.05, 4.69) is 19.1 Å². The molecule has 0 aromatic rings. The molecule has 0 fully saturated rings. The van der Waals surface area contributed by atoms with Gasteiger partial charge in [0.2, 0.25) is 0 Å². The summed E-state index contributed by atoms with van der Waals surface area (Å²) in [4.78, 5) is 33.2. The van der Waals surface area contributed by atoms with E-state index in [0.29, 0.717) is 11.0 Å². The number of hydrogen-bond donors (Lipinski definition) is 1. The molecule has 0 aromatic carbocycles. The summed E-state index contributed by atoms with van der Waals surface area (Å²) in [6, 6.07) is 0. The first-order chi connectivity index (χ1) is 17.9. The molecule has 0 bridgehead atoms. The van der Waals surface area contributed by atoms with E-state index in [1.165, 1.54) is 51.9 Å². The minimum Gasteiger partial charge on any atom is -0.462 e. The fourth-order valence-corrected chi connectivity index (χ4v) is 4.34. The van der Waals surface area contributed by atoms with Gasteiger partial charge in [-0.1, -0.05) is 70.4 Å². The number of quaternary nitrogens is 1. The van der Waals surface area contributed by atoms with Crippen molar-refractivity contribution in [2.24, 2.45) is 0 Å². The van der Waals surface area contributed by atoms with Gasteiger partial charge in [-0.15, -0.1) is 0 Å². The SMILES string of the molecule is CCCCCCCC/C=C\CCCCCCCC(=O)OC[C@H](COP(=O)(O)OCC[N+](C)(C)C)OC(C)=O. The van der Waals surface area contributed by atoms with Crippen LogP contribution in [0.4, 0.5) is 0 Å². The van der Waals surface area contributed by atoms with Gasteiger partial charge >= 0.3 is 19.8 Å². The maximum absolute atomic E-state index is 12.1. The fourth-order valence-electron chi connectivity index (χ4n) is 3.59. The summed E-state index contributed by atoms with van der Waals surface area (Å²) in [5.41, 5.74) is 0. The number of likely N-dealkylation sites (N-methyl/N-ethyl adjacent to an activating group) is 1. The smallest absolute Gasteiger partial charge is 0.462 e. The van der Waals surface area contributed by atoms with Gasteiger partial charge in [-0.25, -0.2) is 4.57 Å². The van der Waals surface area contributed by atoms with Gasteiger partial charge in [0.05, 0.1) is 27.7 Å². The van der Waals surface area contributed by atoms with Crippen LogP contribution in [0.25, 0.3) is 0 Å². The van der Waals surface area contributed by atoms with Crippen molar-refractivity contribution in [3.63, 3.8) is 0 Å². The maximum atomic E-state index is 12.1. The minimum atomic E-state index is -4.32. The van der Waals surface area contributed by atoms with E-state index < -0.39 is 32.5 Å². The van der Waals surface area contributed by atoms with Crippen LogP contribution in [-0.4, -0.2) is 74.9 Å². The van der Waals surface area contributed by atoms with Crippen LogP contribution in [0.2, 0.25) is 0 Å². The molecule has 0 aromatic heterocycles. The van der Waals surface area contributed by atoms with Crippen molar-refractivity contribution < 1.29 is 42.1 Å². The topological polar surface area (TPSA) is 108 Å². The van der Waals surface area contributed by atoms with Gasteiger partial charge in [0, 0.05) is 13.3 Å². The number of esters is 2. The largest absolute Gasteiger partial charge is 0.472 e. The lowest BCUT2D eigenvalue weighted by atomic mass is 10.1. The highest BCUT2D eigenvalue weighted by Gasteiger charge is 2.26. The van der Waals surface area contributed by atoms with Crippen LogP contribution in [0.5, 0.6) is 0 Å². The van der Waals surface area contributed by atoms with Gasteiger partial charge in [-0.05, 0) is 32.1 Å². The second-order valence-electron chi connectivity index (χ2n) is 10.9. The zero-order chi connectivity index (χ0) is 28.7. The van der Waals surface area contributed by atoms with Crippen LogP contribution >= 0.6 is 7.82 Å². The number of rotatable bonds is 25. The Kier molecular flexibility index (Phi) is 21.8. The third kappa shape index (κ3) is 26.4. The molecule has 0 radical (unpaired) electrons. The highest BCUT2D eigenvalue weighted by atomic mass is 31.2. The maximum Gasteiger partial charge on any atom is 0.472 e. The molecule has 0 saturated carbocycles. The lowest BCUT2D eigenvalue weighted by Crippen LogP contribution is -2.37. The lowest BCUT2D eigenvalue weighted by Gasteiger charge is -2.24. The Morgan fingerprint density at radius 3 is 1.95 bits per heavy atom. The third-order valence-electron chi connectivity index (χ3n) is 5.85. The quantitative estimate of drug-likeness (QED) is 0.0450. The summed E-state index contributed by atoms with van der Waals surface area (Å²) in [6.45, 7) is 3.32. The van der Waals surface area contributed by atoms with Crippen LogP contribution in [-0.2, 0) is 32.7 Å². The standard InChI is InChI=1S/C28H54NO8P/c1-6-7-8-9-10-11-12-13-14-15-16-17-18-19-20-21-28(31)34-24-27(37-26(2)30)25-36-38(32,33)35-23-22-29(3,4)5/h13-14,27H,6-12,15-25H2,1-5H3/p+1/b14-13-/t27-/m1/s1. The second-order valence-corrected chi connectivity index (χ2v) is 12.3. The van der Waals surface area contributed by atoms with Crippen molar-refractivity contribution in [2.45, 2.75) is 110 Å². The summed E-state index contributed by atoms with van der Waals surface area (Å²) in [5.74, 6) is -1.00. The number of phosphoric ester groups is 1. The Morgan fingerprint density at radius 1 is 0.842 bits per heavy atom. The molecule has 0 aliphatic heterocycles. The van der Waals surface area contributed by atoms with Gasteiger partial charge in [-0.2, -0.15) is 0 Å². The molecule has 0 heterocycles. The van der Waals surface area contributed by atoms with Gasteiger partial charge in [-0.3, -0.25) is 18.6 Å². The number of hydrogen-bond acceptors (Lipinski definition) is 7. The first-order valence-corrected chi connectivity index (χ1v) is 15.8. The second kappa shape index (κ2) is 22.6. The van der Waals surface area contributed by atoms with Crippen LogP contribution in [0, 0.1) is 0 Å². The van der Waals surface area contributed by atoms with Gasteiger partial charge in [0.25, 0.3) is 0 Å². The number of ether oxygens (including phenoxy) is 2. The molecule has 1 unspecified atom stereocenters. The highest BCUT2D eigenvalue weighted by molar-refractivity contribution is 7.47. The average Bonchev–Trinajstić information content (AvgIpc) is 2.82. The van der Waals surface area contributed by atoms with E-state index >= 15 is 0 Å². The Morgan fingerprint density at radius 2 is 1.39 bits per heavy atom. The first-order valence-electron chi connectivity index (χ1n) is 14.4. The molecule has 9 nitrogen and oxygen atoms in total. The number of unbranched alkanes of at least 4 members (excludes halogenated alkanes) is 11. The summed E-state index contributed by atoms with van der Waals surface area (Å²) < 4.78 is 32.7. The van der Waals surface area contributed by atoms with E-state index in [9.17, 15) is 19.0 Å². The molecule has 224 valence electrons. The average molecular weight is 565 g/mol. The van der Waals surface area contributed by atoms with Crippen LogP contribution in [0.1, 0.15) is 104 Å². The van der Waals surface area contributed by atoms with Crippen LogP contribution in [0.3, 0.4) is 0 Å². The predicted octanol–water partition coefficient (Wildman–Crippen LogP) is 6.34. The Balaban J connectivity index is 3.94. The first kappa shape index (κ1) is 36.8. The highest BCUT2D eigenvalue weighted by Crippen LogP contribution is 2.43. The summed E-state index contributed by atoms with van der Waals surface area (Å²) in [6.07, 6.45) is 19.2. The molecule has 0 spiro atoms. The fraction of sp³-hybridized carbons (Fsp3) is 0.857. The lowest BCUT2D eigenvalue weighted by molar-refractivity contribution is -0.870. The monoisotopic (exact) mass is 564 g/mol. The Hall–Kier alpha value is -1.25. The number of carbonyl (C=O) groups excluding carboxylic acids is 2. The Bertz CT molecular complexity index is 693. The molecular weight excluding hydrogens is 509 g/mol. The van der Waals surface area contributed by atoms with E-state index in [1.54, 1.807) is 0 Å². The van der Waals surface area contributed by atoms with Gasteiger partial charge < -0.3 is 18.9 Å². The molecule has 0 aliphatic carbocycles. The summed E-state index contributed by atoms with van der Waals surface area (Å²) in [7, 11) is 1.46. The van der Waals surface area contributed by atoms with Crippen molar-refractivity contribution in [1.82, 2.24) is 0 Å². The zero-order valence-corrected chi connectivity index (χ0v) is 25.6. The number of carbonyl (C=O) groups is 2. The zero-order valence-electron chi connectivity index (χ0n) is 24.7. The number of phosphoric acid groups is 1. The molecule has 1 N–H and O–H groups in total. The normalized spacial score (nSPS) is 14.4. The summed E-state index contributed by atoms with van der Waals surface area (Å²) >= 11 is 0. The van der Waals surface area contributed by atoms with Crippen molar-refractivity contribution in [3.05, 3.63) is 12.2 Å². The van der Waals surface area contributed by atoms with Gasteiger partial charge in [0.15, 0.2) is 6.10 Å². The minimum absolute atomic E-state index is 0.0282. The van der Waals surface area contributed by atoms with E-state index in [-0.39, 0.29) is 19.6 Å². The number of nitrogens with zero attached hydrogens (tertiary/aromatic N) is 1. The molecule has 0 rings (SSSR count). The Labute approximate surface area is 231 Å². The molecule has 0 amide bonds.